The largest absolute Gasteiger partial charge is 0.480 e. The molecule has 0 spiro atoms. The van der Waals surface area contributed by atoms with Gasteiger partial charge in [0.25, 0.3) is 5.91 Å². The fraction of sp³-hybridized carbons (Fsp3) is 0.0833. The van der Waals surface area contributed by atoms with Crippen molar-refractivity contribution < 1.29 is 32.6 Å². The monoisotopic (exact) mass is 480 g/mol. The molecule has 10 heteroatoms. The van der Waals surface area contributed by atoms with Crippen LogP contribution in [0.2, 0.25) is 0 Å². The minimum absolute atomic E-state index is 0.134. The molecule has 3 aromatic carbocycles. The SMILES string of the molecule is O=C(Nc1ccc(-c2ccc(S(=O)(=O)NC(CO)C(=O)O)cc2)cc1)c1cc2ccccc2o1. The standard InChI is InChI=1S/C24H20N2O7S/c27-14-20(24(29)30)26-34(31,32)19-11-7-16(8-12-19)15-5-9-18(10-6-15)25-23(28)22-13-17-3-1-2-4-21(17)33-22/h1-13,20,26-27H,14H2,(H,25,28)(H,29,30). The van der Waals surface area contributed by atoms with E-state index < -0.39 is 28.6 Å². The van der Waals surface area contributed by atoms with Gasteiger partial charge in [-0.05, 0) is 47.5 Å². The van der Waals surface area contributed by atoms with E-state index in [2.05, 4.69) is 5.32 Å². The molecule has 174 valence electrons. The molecule has 1 atom stereocenters. The van der Waals surface area contributed by atoms with Crippen molar-refractivity contribution in [3.8, 4) is 11.1 Å². The summed E-state index contributed by atoms with van der Waals surface area (Å²) in [5, 5.41) is 21.6. The van der Waals surface area contributed by atoms with E-state index in [0.29, 0.717) is 16.8 Å². The third-order valence-corrected chi connectivity index (χ3v) is 6.56. The summed E-state index contributed by atoms with van der Waals surface area (Å²) in [6.45, 7) is -0.869. The van der Waals surface area contributed by atoms with E-state index in [-0.39, 0.29) is 16.6 Å². The van der Waals surface area contributed by atoms with Crippen LogP contribution in [0.1, 0.15) is 10.6 Å². The van der Waals surface area contributed by atoms with Crippen molar-refractivity contribution in [1.82, 2.24) is 4.72 Å². The third-order valence-electron chi connectivity index (χ3n) is 5.07. The highest BCUT2D eigenvalue weighted by atomic mass is 32.2. The number of anilines is 1. The number of aliphatic hydroxyl groups is 1. The van der Waals surface area contributed by atoms with Crippen molar-refractivity contribution >= 4 is 38.6 Å². The Labute approximate surface area is 194 Å². The molecule has 0 aliphatic rings. The van der Waals surface area contributed by atoms with Crippen molar-refractivity contribution in [3.05, 3.63) is 84.6 Å². The van der Waals surface area contributed by atoms with Gasteiger partial charge in [0, 0.05) is 11.1 Å². The molecule has 1 aromatic heterocycles. The molecular weight excluding hydrogens is 460 g/mol. The van der Waals surface area contributed by atoms with Gasteiger partial charge in [0.05, 0.1) is 11.5 Å². The summed E-state index contributed by atoms with van der Waals surface area (Å²) in [6.07, 6.45) is 0. The van der Waals surface area contributed by atoms with E-state index in [4.69, 9.17) is 14.6 Å². The van der Waals surface area contributed by atoms with Crippen molar-refractivity contribution in [2.45, 2.75) is 10.9 Å². The Morgan fingerprint density at radius 1 is 0.912 bits per heavy atom. The summed E-state index contributed by atoms with van der Waals surface area (Å²) >= 11 is 0. The number of rotatable bonds is 8. The van der Waals surface area contributed by atoms with Crippen LogP contribution in [0.4, 0.5) is 5.69 Å². The normalized spacial score (nSPS) is 12.4. The highest BCUT2D eigenvalue weighted by Gasteiger charge is 2.24. The first-order valence-electron chi connectivity index (χ1n) is 10.1. The minimum atomic E-state index is -4.12. The van der Waals surface area contributed by atoms with Gasteiger partial charge in [-0.2, -0.15) is 4.72 Å². The number of furan rings is 1. The molecule has 0 aliphatic heterocycles. The molecule has 1 heterocycles. The number of aliphatic carboxylic acids is 1. The summed E-state index contributed by atoms with van der Waals surface area (Å²) in [4.78, 5) is 23.3. The van der Waals surface area contributed by atoms with Crippen LogP contribution < -0.4 is 10.0 Å². The molecule has 0 aliphatic carbocycles. The highest BCUT2D eigenvalue weighted by Crippen LogP contribution is 2.24. The smallest absolute Gasteiger partial charge is 0.324 e. The third kappa shape index (κ3) is 4.99. The zero-order valence-electron chi connectivity index (χ0n) is 17.6. The van der Waals surface area contributed by atoms with Crippen LogP contribution in [0, 0.1) is 0 Å². The van der Waals surface area contributed by atoms with Gasteiger partial charge in [0.1, 0.15) is 11.6 Å². The maximum absolute atomic E-state index is 12.5. The van der Waals surface area contributed by atoms with Gasteiger partial charge in [-0.25, -0.2) is 8.42 Å². The number of carbonyl (C=O) groups excluding carboxylic acids is 1. The van der Waals surface area contributed by atoms with E-state index in [0.717, 1.165) is 10.9 Å². The molecule has 1 unspecified atom stereocenters. The second kappa shape index (κ2) is 9.48. The van der Waals surface area contributed by atoms with Gasteiger partial charge in [0.2, 0.25) is 10.0 Å². The number of benzene rings is 3. The molecule has 0 bridgehead atoms. The molecule has 4 N–H and O–H groups in total. The van der Waals surface area contributed by atoms with Crippen molar-refractivity contribution in [2.75, 3.05) is 11.9 Å². The van der Waals surface area contributed by atoms with Gasteiger partial charge >= 0.3 is 5.97 Å². The number of sulfonamides is 1. The fourth-order valence-corrected chi connectivity index (χ4v) is 4.46. The number of carbonyl (C=O) groups is 2. The van der Waals surface area contributed by atoms with E-state index in [1.165, 1.54) is 12.1 Å². The average molecular weight is 480 g/mol. The van der Waals surface area contributed by atoms with E-state index in [1.807, 2.05) is 22.9 Å². The van der Waals surface area contributed by atoms with Crippen LogP contribution in [-0.2, 0) is 14.8 Å². The van der Waals surface area contributed by atoms with Gasteiger partial charge in [-0.15, -0.1) is 0 Å². The lowest BCUT2D eigenvalue weighted by Crippen LogP contribution is -2.43. The molecule has 0 radical (unpaired) electrons. The van der Waals surface area contributed by atoms with Crippen molar-refractivity contribution in [3.63, 3.8) is 0 Å². The molecule has 9 nitrogen and oxygen atoms in total. The number of fused-ring (bicyclic) bond motifs is 1. The Balaban J connectivity index is 1.45. The van der Waals surface area contributed by atoms with Crippen molar-refractivity contribution in [2.24, 2.45) is 0 Å². The predicted octanol–water partition coefficient (Wildman–Crippen LogP) is 3.08. The quantitative estimate of drug-likeness (QED) is 0.303. The van der Waals surface area contributed by atoms with Gasteiger partial charge < -0.3 is 19.9 Å². The Bertz CT molecular complexity index is 1410. The lowest BCUT2D eigenvalue weighted by atomic mass is 10.1. The molecule has 0 saturated carbocycles. The second-order valence-corrected chi connectivity index (χ2v) is 9.11. The molecule has 4 aromatic rings. The van der Waals surface area contributed by atoms with Gasteiger partial charge in [0.15, 0.2) is 5.76 Å². The molecule has 34 heavy (non-hydrogen) atoms. The first-order chi connectivity index (χ1) is 16.3. The van der Waals surface area contributed by atoms with Crippen LogP contribution in [0.5, 0.6) is 0 Å². The fourth-order valence-electron chi connectivity index (χ4n) is 3.28. The maximum atomic E-state index is 12.5. The first kappa shape index (κ1) is 23.2. The zero-order valence-corrected chi connectivity index (χ0v) is 18.5. The van der Waals surface area contributed by atoms with Crippen LogP contribution in [0.3, 0.4) is 0 Å². The average Bonchev–Trinajstić information content (AvgIpc) is 3.28. The van der Waals surface area contributed by atoms with Crippen LogP contribution in [0.15, 0.2) is 88.2 Å². The van der Waals surface area contributed by atoms with Gasteiger partial charge in [-0.3, -0.25) is 9.59 Å². The first-order valence-corrected chi connectivity index (χ1v) is 11.6. The topological polar surface area (TPSA) is 146 Å². The summed E-state index contributed by atoms with van der Waals surface area (Å²) < 4.78 is 32.2. The van der Waals surface area contributed by atoms with Crippen molar-refractivity contribution in [1.29, 1.82) is 0 Å². The number of carboxylic acid groups (broad SMARTS) is 1. The van der Waals surface area contributed by atoms with Crippen LogP contribution in [-0.4, -0.2) is 43.2 Å². The lowest BCUT2D eigenvalue weighted by Gasteiger charge is -2.12. The Hall–Kier alpha value is -3.99. The summed E-state index contributed by atoms with van der Waals surface area (Å²) in [7, 11) is -4.12. The summed E-state index contributed by atoms with van der Waals surface area (Å²) in [6, 6.07) is 20.1. The number of hydrogen-bond acceptors (Lipinski definition) is 6. The molecule has 4 rings (SSSR count). The number of nitrogens with one attached hydrogen (secondary N) is 2. The zero-order chi connectivity index (χ0) is 24.3. The van der Waals surface area contributed by atoms with Crippen LogP contribution in [0.25, 0.3) is 22.1 Å². The Kier molecular flexibility index (Phi) is 6.46. The van der Waals surface area contributed by atoms with E-state index >= 15 is 0 Å². The summed E-state index contributed by atoms with van der Waals surface area (Å²) in [5.41, 5.74) is 2.67. The predicted molar refractivity (Wildman–Crippen MR) is 125 cm³/mol. The van der Waals surface area contributed by atoms with E-state index in [1.54, 1.807) is 48.5 Å². The molecule has 1 amide bonds. The number of hydrogen-bond donors (Lipinski definition) is 4. The lowest BCUT2D eigenvalue weighted by molar-refractivity contribution is -0.139. The molecule has 0 saturated heterocycles. The Morgan fingerprint density at radius 2 is 1.53 bits per heavy atom. The number of carboxylic acids is 1. The number of aliphatic hydroxyl groups excluding tert-OH is 1. The van der Waals surface area contributed by atoms with Gasteiger partial charge in [-0.1, -0.05) is 42.5 Å². The molecule has 0 fully saturated rings. The second-order valence-electron chi connectivity index (χ2n) is 7.40. The Morgan fingerprint density at radius 3 is 2.12 bits per heavy atom. The number of amides is 1. The minimum Gasteiger partial charge on any atom is -0.480 e. The van der Waals surface area contributed by atoms with E-state index in [9.17, 15) is 18.0 Å². The highest BCUT2D eigenvalue weighted by molar-refractivity contribution is 7.89. The molecular formula is C24H20N2O7S. The number of para-hydroxylation sites is 1. The van der Waals surface area contributed by atoms with Crippen LogP contribution >= 0.6 is 0 Å². The summed E-state index contributed by atoms with van der Waals surface area (Å²) in [5.74, 6) is -1.66. The maximum Gasteiger partial charge on any atom is 0.324 e.